The van der Waals surface area contributed by atoms with Crippen LogP contribution >= 0.6 is 0 Å². The summed E-state index contributed by atoms with van der Waals surface area (Å²) in [7, 11) is 1.88. The van der Waals surface area contributed by atoms with E-state index < -0.39 is 11.7 Å². The Morgan fingerprint density at radius 1 is 1.14 bits per heavy atom. The predicted molar refractivity (Wildman–Crippen MR) is 109 cm³/mol. The van der Waals surface area contributed by atoms with Gasteiger partial charge in [0, 0.05) is 44.0 Å². The summed E-state index contributed by atoms with van der Waals surface area (Å²) in [4.78, 5) is 14.8. The first kappa shape index (κ1) is 21.0. The Morgan fingerprint density at radius 2 is 1.83 bits per heavy atom. The number of amides is 1. The summed E-state index contributed by atoms with van der Waals surface area (Å²) in [6, 6.07) is 11.6. The van der Waals surface area contributed by atoms with E-state index in [1.54, 1.807) is 6.07 Å². The van der Waals surface area contributed by atoms with Gasteiger partial charge in [-0.2, -0.15) is 13.2 Å². The molecule has 0 bridgehead atoms. The molecule has 2 aromatic rings. The summed E-state index contributed by atoms with van der Waals surface area (Å²) in [6.07, 6.45) is -3.07. The van der Waals surface area contributed by atoms with E-state index in [0.717, 1.165) is 36.1 Å². The molecule has 0 saturated carbocycles. The second kappa shape index (κ2) is 8.76. The van der Waals surface area contributed by atoms with E-state index in [1.165, 1.54) is 12.1 Å². The monoisotopic (exact) mass is 405 g/mol. The Bertz CT molecular complexity index is 859. The molecule has 4 nitrogen and oxygen atoms in total. The van der Waals surface area contributed by atoms with Crippen LogP contribution < -0.4 is 15.5 Å². The molecular formula is C22H26F3N3O. The fraction of sp³-hybridized carbons (Fsp3) is 0.409. The maximum Gasteiger partial charge on any atom is 0.416 e. The van der Waals surface area contributed by atoms with Gasteiger partial charge in [-0.15, -0.1) is 0 Å². The number of alkyl halides is 3. The van der Waals surface area contributed by atoms with Crippen LogP contribution in [0.25, 0.3) is 0 Å². The molecule has 29 heavy (non-hydrogen) atoms. The molecule has 1 aliphatic rings. The van der Waals surface area contributed by atoms with Crippen molar-refractivity contribution in [3.8, 4) is 0 Å². The normalized spacial score (nSPS) is 15.3. The summed E-state index contributed by atoms with van der Waals surface area (Å²) < 4.78 is 39.3. The van der Waals surface area contributed by atoms with Gasteiger partial charge in [-0.05, 0) is 55.2 Å². The van der Waals surface area contributed by atoms with E-state index in [1.807, 2.05) is 14.0 Å². The number of carbonyl (C=O) groups is 1. The molecule has 0 spiro atoms. The van der Waals surface area contributed by atoms with Gasteiger partial charge in [0.1, 0.15) is 0 Å². The zero-order valence-corrected chi connectivity index (χ0v) is 16.6. The molecule has 1 saturated heterocycles. The lowest BCUT2D eigenvalue weighted by atomic mass is 9.95. The molecule has 7 heteroatoms. The topological polar surface area (TPSA) is 44.4 Å². The standard InChI is InChI=1S/C22H26F3N3O/c1-15-11-18(26-2)13-19(12-15)28-9-7-16(8-10-28)21(29)27-14-17-5-3-4-6-20(17)22(23,24)25/h3-6,11-13,16,26H,7-10,14H2,1-2H3,(H,27,29). The van der Waals surface area contributed by atoms with E-state index in [0.29, 0.717) is 12.8 Å². The average Bonchev–Trinajstić information content (AvgIpc) is 2.71. The zero-order chi connectivity index (χ0) is 21.0. The summed E-state index contributed by atoms with van der Waals surface area (Å²) in [6.45, 7) is 3.41. The van der Waals surface area contributed by atoms with Crippen molar-refractivity contribution >= 4 is 17.3 Å². The average molecular weight is 405 g/mol. The molecule has 0 radical (unpaired) electrons. The minimum atomic E-state index is -4.42. The summed E-state index contributed by atoms with van der Waals surface area (Å²) in [5, 5.41) is 5.85. The van der Waals surface area contributed by atoms with Crippen molar-refractivity contribution in [2.24, 2.45) is 5.92 Å². The molecule has 0 aromatic heterocycles. The van der Waals surface area contributed by atoms with Gasteiger partial charge in [0.15, 0.2) is 0 Å². The third kappa shape index (κ3) is 5.22. The number of piperidine rings is 1. The number of hydrogen-bond donors (Lipinski definition) is 2. The summed E-state index contributed by atoms with van der Waals surface area (Å²) in [5.41, 5.74) is 2.71. The van der Waals surface area contributed by atoms with Gasteiger partial charge >= 0.3 is 6.18 Å². The number of hydrogen-bond acceptors (Lipinski definition) is 3. The Balaban J connectivity index is 1.57. The molecule has 1 fully saturated rings. The first-order valence-electron chi connectivity index (χ1n) is 9.75. The van der Waals surface area contributed by atoms with Crippen molar-refractivity contribution in [1.29, 1.82) is 0 Å². The van der Waals surface area contributed by atoms with Crippen LogP contribution in [0.1, 0.15) is 29.5 Å². The Kier molecular flexibility index (Phi) is 6.35. The fourth-order valence-corrected chi connectivity index (χ4v) is 3.77. The third-order valence-electron chi connectivity index (χ3n) is 5.36. The molecule has 1 amide bonds. The highest BCUT2D eigenvalue weighted by atomic mass is 19.4. The summed E-state index contributed by atoms with van der Waals surface area (Å²) in [5.74, 6) is -0.361. The molecule has 2 aromatic carbocycles. The van der Waals surface area contributed by atoms with Gasteiger partial charge in [-0.3, -0.25) is 4.79 Å². The number of halogens is 3. The van der Waals surface area contributed by atoms with Crippen molar-refractivity contribution < 1.29 is 18.0 Å². The Labute approximate surface area is 169 Å². The highest BCUT2D eigenvalue weighted by Gasteiger charge is 2.33. The van der Waals surface area contributed by atoms with Crippen LogP contribution in [0.5, 0.6) is 0 Å². The number of anilines is 2. The molecule has 1 heterocycles. The lowest BCUT2D eigenvalue weighted by molar-refractivity contribution is -0.138. The van der Waals surface area contributed by atoms with Crippen LogP contribution in [-0.2, 0) is 17.5 Å². The number of benzene rings is 2. The maximum absolute atomic E-state index is 13.1. The molecule has 0 aliphatic carbocycles. The van der Waals surface area contributed by atoms with Crippen LogP contribution in [0.15, 0.2) is 42.5 Å². The van der Waals surface area contributed by atoms with E-state index >= 15 is 0 Å². The molecule has 0 atom stereocenters. The molecule has 156 valence electrons. The van der Waals surface area contributed by atoms with Crippen molar-refractivity contribution in [3.63, 3.8) is 0 Å². The van der Waals surface area contributed by atoms with Gasteiger partial charge < -0.3 is 15.5 Å². The molecule has 1 aliphatic heterocycles. The van der Waals surface area contributed by atoms with E-state index in [4.69, 9.17) is 0 Å². The molecule has 2 N–H and O–H groups in total. The van der Waals surface area contributed by atoms with Crippen molar-refractivity contribution in [2.75, 3.05) is 30.4 Å². The largest absolute Gasteiger partial charge is 0.416 e. The second-order valence-corrected chi connectivity index (χ2v) is 7.44. The van der Waals surface area contributed by atoms with Crippen molar-refractivity contribution in [3.05, 3.63) is 59.2 Å². The smallest absolute Gasteiger partial charge is 0.388 e. The highest BCUT2D eigenvalue weighted by Crippen LogP contribution is 2.32. The number of nitrogens with one attached hydrogen (secondary N) is 2. The predicted octanol–water partition coefficient (Wildman–Crippen LogP) is 4.59. The van der Waals surface area contributed by atoms with Gasteiger partial charge in [-0.25, -0.2) is 0 Å². The van der Waals surface area contributed by atoms with E-state index in [2.05, 4.69) is 33.7 Å². The van der Waals surface area contributed by atoms with Crippen LogP contribution in [0.2, 0.25) is 0 Å². The summed E-state index contributed by atoms with van der Waals surface area (Å²) >= 11 is 0. The van der Waals surface area contributed by atoms with Gasteiger partial charge in [-0.1, -0.05) is 18.2 Å². The van der Waals surface area contributed by atoms with Gasteiger partial charge in [0.25, 0.3) is 0 Å². The van der Waals surface area contributed by atoms with Crippen LogP contribution in [-0.4, -0.2) is 26.0 Å². The van der Waals surface area contributed by atoms with Gasteiger partial charge in [0.05, 0.1) is 5.56 Å². The number of nitrogens with zero attached hydrogens (tertiary/aromatic N) is 1. The van der Waals surface area contributed by atoms with Gasteiger partial charge in [0.2, 0.25) is 5.91 Å². The van der Waals surface area contributed by atoms with Crippen LogP contribution in [0.3, 0.4) is 0 Å². The second-order valence-electron chi connectivity index (χ2n) is 7.44. The zero-order valence-electron chi connectivity index (χ0n) is 16.6. The number of carbonyl (C=O) groups excluding carboxylic acids is 1. The first-order valence-corrected chi connectivity index (χ1v) is 9.75. The minimum Gasteiger partial charge on any atom is -0.388 e. The highest BCUT2D eigenvalue weighted by molar-refractivity contribution is 5.79. The number of aryl methyl sites for hydroxylation is 1. The quantitative estimate of drug-likeness (QED) is 0.765. The third-order valence-corrected chi connectivity index (χ3v) is 5.36. The SMILES string of the molecule is CNc1cc(C)cc(N2CCC(C(=O)NCc3ccccc3C(F)(F)F)CC2)c1. The van der Waals surface area contributed by atoms with Crippen LogP contribution in [0, 0.1) is 12.8 Å². The Morgan fingerprint density at radius 3 is 2.48 bits per heavy atom. The Hall–Kier alpha value is -2.70. The molecular weight excluding hydrogens is 379 g/mol. The lowest BCUT2D eigenvalue weighted by Crippen LogP contribution is -2.40. The van der Waals surface area contributed by atoms with E-state index in [9.17, 15) is 18.0 Å². The molecule has 3 rings (SSSR count). The fourth-order valence-electron chi connectivity index (χ4n) is 3.77. The number of rotatable bonds is 5. The van der Waals surface area contributed by atoms with Crippen LogP contribution in [0.4, 0.5) is 24.5 Å². The first-order chi connectivity index (χ1) is 13.8. The lowest BCUT2D eigenvalue weighted by Gasteiger charge is -2.33. The van der Waals surface area contributed by atoms with E-state index in [-0.39, 0.29) is 23.9 Å². The molecule has 0 unspecified atom stereocenters. The van der Waals surface area contributed by atoms with Crippen molar-refractivity contribution in [1.82, 2.24) is 5.32 Å². The van der Waals surface area contributed by atoms with Crippen molar-refractivity contribution in [2.45, 2.75) is 32.5 Å². The maximum atomic E-state index is 13.1. The minimum absolute atomic E-state index is 0.0881.